The largest absolute Gasteiger partial charge is 0.391 e. The van der Waals surface area contributed by atoms with Gasteiger partial charge in [-0.2, -0.15) is 0 Å². The predicted octanol–water partition coefficient (Wildman–Crippen LogP) is 1.44. The molecule has 1 aliphatic heterocycles. The Hall–Kier alpha value is -0.690. The van der Waals surface area contributed by atoms with Crippen molar-refractivity contribution in [1.29, 1.82) is 0 Å². The van der Waals surface area contributed by atoms with E-state index in [-0.39, 0.29) is 18.8 Å². The van der Waals surface area contributed by atoms with E-state index in [2.05, 4.69) is 16.8 Å². The molecule has 0 radical (unpaired) electrons. The van der Waals surface area contributed by atoms with Gasteiger partial charge in [-0.25, -0.2) is 4.98 Å². The molecule has 0 aromatic carbocycles. The minimum Gasteiger partial charge on any atom is -0.391 e. The molecule has 2 atom stereocenters. The Labute approximate surface area is 118 Å². The number of methoxy groups -OCH3 is 2. The molecule has 1 aliphatic rings. The number of aryl methyl sites for hydroxylation is 1. The number of nitrogens with zero attached hydrogens (tertiary/aromatic N) is 2. The summed E-state index contributed by atoms with van der Waals surface area (Å²) in [5, 5.41) is 10.4. The molecule has 1 aromatic rings. The van der Waals surface area contributed by atoms with Gasteiger partial charge in [0.15, 0.2) is 5.13 Å². The maximum absolute atomic E-state index is 9.40. The lowest BCUT2D eigenvalue weighted by Gasteiger charge is -2.13. The lowest BCUT2D eigenvalue weighted by atomic mass is 10.2. The molecule has 0 saturated carbocycles. The average molecular weight is 286 g/mol. The van der Waals surface area contributed by atoms with Gasteiger partial charge in [-0.15, -0.1) is 0 Å². The first-order valence-corrected chi connectivity index (χ1v) is 7.45. The van der Waals surface area contributed by atoms with Crippen LogP contribution in [0.4, 0.5) is 5.13 Å². The Morgan fingerprint density at radius 3 is 2.42 bits per heavy atom. The Bertz CT molecular complexity index is 399. The van der Waals surface area contributed by atoms with Crippen LogP contribution in [0.15, 0.2) is 0 Å². The molecular formula is C13H22N2O3S. The van der Waals surface area contributed by atoms with Gasteiger partial charge in [0.2, 0.25) is 0 Å². The van der Waals surface area contributed by atoms with Crippen molar-refractivity contribution in [3.8, 4) is 0 Å². The highest BCUT2D eigenvalue weighted by atomic mass is 32.1. The molecule has 5 nitrogen and oxygen atoms in total. The van der Waals surface area contributed by atoms with E-state index in [1.54, 1.807) is 25.6 Å². The SMILES string of the molecule is CCCc1nc(N2CC(OC)C(OC)C2)sc1CO. The fourth-order valence-electron chi connectivity index (χ4n) is 2.41. The van der Waals surface area contributed by atoms with Crippen molar-refractivity contribution in [2.75, 3.05) is 32.2 Å². The number of anilines is 1. The third kappa shape index (κ3) is 3.08. The monoisotopic (exact) mass is 286 g/mol. The second-order valence-corrected chi connectivity index (χ2v) is 5.79. The summed E-state index contributed by atoms with van der Waals surface area (Å²) in [4.78, 5) is 7.83. The molecule has 0 amide bonds. The third-order valence-electron chi connectivity index (χ3n) is 3.49. The number of ether oxygens (including phenoxy) is 2. The van der Waals surface area contributed by atoms with Gasteiger partial charge in [0.25, 0.3) is 0 Å². The van der Waals surface area contributed by atoms with Crippen LogP contribution in [0, 0.1) is 0 Å². The molecule has 2 unspecified atom stereocenters. The maximum Gasteiger partial charge on any atom is 0.186 e. The van der Waals surface area contributed by atoms with Gasteiger partial charge in [0.1, 0.15) is 12.2 Å². The summed E-state index contributed by atoms with van der Waals surface area (Å²) in [5.41, 5.74) is 1.03. The molecule has 0 spiro atoms. The first kappa shape index (κ1) is 14.7. The third-order valence-corrected chi connectivity index (χ3v) is 4.63. The smallest absolute Gasteiger partial charge is 0.186 e. The molecule has 1 saturated heterocycles. The maximum atomic E-state index is 9.40. The van der Waals surface area contributed by atoms with Crippen LogP contribution in [0.1, 0.15) is 23.9 Å². The lowest BCUT2D eigenvalue weighted by Crippen LogP contribution is -2.27. The zero-order chi connectivity index (χ0) is 13.8. The minimum absolute atomic E-state index is 0.0717. The zero-order valence-electron chi connectivity index (χ0n) is 11.8. The van der Waals surface area contributed by atoms with E-state index in [4.69, 9.17) is 9.47 Å². The van der Waals surface area contributed by atoms with E-state index in [9.17, 15) is 5.11 Å². The van der Waals surface area contributed by atoms with E-state index in [0.29, 0.717) is 0 Å². The average Bonchev–Trinajstić information content (AvgIpc) is 3.01. The standard InChI is InChI=1S/C13H22N2O3S/c1-4-5-9-12(8-16)19-13(14-9)15-6-10(17-2)11(7-15)18-3/h10-11,16H,4-8H2,1-3H3. The molecule has 0 bridgehead atoms. The number of rotatable bonds is 6. The van der Waals surface area contributed by atoms with Crippen molar-refractivity contribution >= 4 is 16.5 Å². The molecule has 1 fully saturated rings. The second-order valence-electron chi connectivity index (χ2n) is 4.73. The number of aromatic nitrogens is 1. The fraction of sp³-hybridized carbons (Fsp3) is 0.769. The van der Waals surface area contributed by atoms with E-state index in [1.165, 1.54) is 0 Å². The predicted molar refractivity (Wildman–Crippen MR) is 75.8 cm³/mol. The van der Waals surface area contributed by atoms with E-state index < -0.39 is 0 Å². The van der Waals surface area contributed by atoms with Crippen LogP contribution in [-0.2, 0) is 22.5 Å². The van der Waals surface area contributed by atoms with Crippen LogP contribution in [0.25, 0.3) is 0 Å². The van der Waals surface area contributed by atoms with E-state index in [0.717, 1.165) is 41.6 Å². The first-order valence-electron chi connectivity index (χ1n) is 6.63. The molecule has 2 rings (SSSR count). The van der Waals surface area contributed by atoms with Gasteiger partial charge in [0, 0.05) is 27.3 Å². The Morgan fingerprint density at radius 1 is 1.32 bits per heavy atom. The van der Waals surface area contributed by atoms with Crippen molar-refractivity contribution in [2.24, 2.45) is 0 Å². The van der Waals surface area contributed by atoms with E-state index >= 15 is 0 Å². The highest BCUT2D eigenvalue weighted by Crippen LogP contribution is 2.30. The van der Waals surface area contributed by atoms with Gasteiger partial charge >= 0.3 is 0 Å². The quantitative estimate of drug-likeness (QED) is 0.857. The summed E-state index contributed by atoms with van der Waals surface area (Å²) in [6.07, 6.45) is 2.13. The molecule has 1 N–H and O–H groups in total. The molecule has 0 aliphatic carbocycles. The number of aliphatic hydroxyl groups is 1. The Balaban J connectivity index is 2.14. The first-order chi connectivity index (χ1) is 9.23. The highest BCUT2D eigenvalue weighted by Gasteiger charge is 2.34. The summed E-state index contributed by atoms with van der Waals surface area (Å²) in [6, 6.07) is 0. The van der Waals surface area contributed by atoms with Crippen molar-refractivity contribution in [3.63, 3.8) is 0 Å². The zero-order valence-corrected chi connectivity index (χ0v) is 12.6. The topological polar surface area (TPSA) is 54.8 Å². The number of hydrogen-bond acceptors (Lipinski definition) is 6. The van der Waals surface area contributed by atoms with Crippen molar-refractivity contribution in [2.45, 2.75) is 38.6 Å². The summed E-state index contributed by atoms with van der Waals surface area (Å²) in [5.74, 6) is 0. The van der Waals surface area contributed by atoms with Gasteiger partial charge in [0.05, 0.1) is 17.2 Å². The van der Waals surface area contributed by atoms with Crippen molar-refractivity contribution < 1.29 is 14.6 Å². The van der Waals surface area contributed by atoms with Crippen LogP contribution in [-0.4, -0.2) is 49.6 Å². The highest BCUT2D eigenvalue weighted by molar-refractivity contribution is 7.15. The lowest BCUT2D eigenvalue weighted by molar-refractivity contribution is -0.00461. The number of hydrogen-bond donors (Lipinski definition) is 1. The minimum atomic E-state index is 0.0717. The molecule has 2 heterocycles. The summed E-state index contributed by atoms with van der Waals surface area (Å²) < 4.78 is 10.9. The summed E-state index contributed by atoms with van der Waals surface area (Å²) in [7, 11) is 3.42. The van der Waals surface area contributed by atoms with Gasteiger partial charge in [-0.1, -0.05) is 24.7 Å². The molecule has 108 valence electrons. The second kappa shape index (κ2) is 6.65. The molecular weight excluding hydrogens is 264 g/mol. The Kier molecular flexibility index (Phi) is 5.15. The summed E-state index contributed by atoms with van der Waals surface area (Å²) in [6.45, 7) is 3.78. The van der Waals surface area contributed by atoms with Crippen LogP contribution < -0.4 is 4.90 Å². The van der Waals surface area contributed by atoms with Gasteiger partial charge < -0.3 is 19.5 Å². The number of thiazole rings is 1. The van der Waals surface area contributed by atoms with Gasteiger partial charge in [-0.3, -0.25) is 0 Å². The van der Waals surface area contributed by atoms with E-state index in [1.807, 2.05) is 0 Å². The van der Waals surface area contributed by atoms with Crippen LogP contribution >= 0.6 is 11.3 Å². The van der Waals surface area contributed by atoms with Crippen molar-refractivity contribution in [1.82, 2.24) is 4.98 Å². The van der Waals surface area contributed by atoms with Crippen molar-refractivity contribution in [3.05, 3.63) is 10.6 Å². The molecule has 19 heavy (non-hydrogen) atoms. The molecule has 6 heteroatoms. The van der Waals surface area contributed by atoms with Crippen LogP contribution in [0.5, 0.6) is 0 Å². The molecule has 1 aromatic heterocycles. The Morgan fingerprint density at radius 2 is 1.95 bits per heavy atom. The van der Waals surface area contributed by atoms with Crippen LogP contribution in [0.2, 0.25) is 0 Å². The van der Waals surface area contributed by atoms with Gasteiger partial charge in [-0.05, 0) is 6.42 Å². The normalized spacial score (nSPS) is 23.3. The fourth-order valence-corrected chi connectivity index (χ4v) is 3.40. The number of aliphatic hydroxyl groups excluding tert-OH is 1. The van der Waals surface area contributed by atoms with Crippen LogP contribution in [0.3, 0.4) is 0 Å². The summed E-state index contributed by atoms with van der Waals surface area (Å²) >= 11 is 1.58.